The highest BCUT2D eigenvalue weighted by atomic mass is 32.2. The number of benzene rings is 1. The number of nitrogens with zero attached hydrogens (tertiary/aromatic N) is 2. The van der Waals surface area contributed by atoms with Gasteiger partial charge in [0.25, 0.3) is 5.56 Å². The van der Waals surface area contributed by atoms with Crippen molar-refractivity contribution < 1.29 is 19.1 Å². The number of carbonyl (C=O) groups is 3. The number of carbonyl (C=O) groups excluding carboxylic acids is 3. The molecule has 11 heteroatoms. The highest BCUT2D eigenvalue weighted by Gasteiger charge is 2.21. The monoisotopic (exact) mass is 460 g/mol. The van der Waals surface area contributed by atoms with Crippen LogP contribution in [0.5, 0.6) is 0 Å². The second kappa shape index (κ2) is 9.75. The quantitative estimate of drug-likeness (QED) is 0.389. The Morgan fingerprint density at radius 1 is 1.29 bits per heavy atom. The van der Waals surface area contributed by atoms with E-state index in [2.05, 4.69) is 10.3 Å². The van der Waals surface area contributed by atoms with E-state index in [1.54, 1.807) is 38.1 Å². The molecule has 2 aromatic heterocycles. The van der Waals surface area contributed by atoms with Crippen molar-refractivity contribution in [3.05, 3.63) is 51.4 Å². The van der Waals surface area contributed by atoms with E-state index >= 15 is 0 Å². The Hall–Kier alpha value is -3.18. The molecule has 0 atom stereocenters. The zero-order valence-electron chi connectivity index (χ0n) is 16.8. The standard InChI is InChI=1S/C20H20N4O5S2/c1-3-29-20(28)17-11(2)16-18(31-17)22-10-24(19(16)27)8-15(26)23-12-6-4-5-7-13(12)30-9-14(21)25/h4-7,10H,3,8-9H2,1-2H3,(H2,21,25)(H,23,26). The minimum atomic E-state index is -0.503. The van der Waals surface area contributed by atoms with Gasteiger partial charge >= 0.3 is 5.97 Å². The van der Waals surface area contributed by atoms with Crippen LogP contribution in [0.1, 0.15) is 22.2 Å². The smallest absolute Gasteiger partial charge is 0.348 e. The molecule has 2 heterocycles. The zero-order chi connectivity index (χ0) is 22.5. The minimum absolute atomic E-state index is 0.0765. The lowest BCUT2D eigenvalue weighted by molar-refractivity contribution is -0.117. The van der Waals surface area contributed by atoms with Crippen LogP contribution in [0.25, 0.3) is 10.2 Å². The maximum atomic E-state index is 12.9. The molecule has 9 nitrogen and oxygen atoms in total. The Morgan fingerprint density at radius 2 is 2.03 bits per heavy atom. The van der Waals surface area contributed by atoms with Crippen molar-refractivity contribution in [3.63, 3.8) is 0 Å². The molecule has 0 fully saturated rings. The molecule has 162 valence electrons. The lowest BCUT2D eigenvalue weighted by atomic mass is 10.2. The van der Waals surface area contributed by atoms with Gasteiger partial charge in [-0.25, -0.2) is 9.78 Å². The van der Waals surface area contributed by atoms with E-state index in [0.717, 1.165) is 11.3 Å². The van der Waals surface area contributed by atoms with Crippen LogP contribution in [0, 0.1) is 6.92 Å². The number of nitrogens with two attached hydrogens (primary N) is 1. The largest absolute Gasteiger partial charge is 0.462 e. The van der Waals surface area contributed by atoms with Crippen molar-refractivity contribution in [1.82, 2.24) is 9.55 Å². The van der Waals surface area contributed by atoms with Crippen LogP contribution in [0.4, 0.5) is 5.69 Å². The molecule has 0 radical (unpaired) electrons. The molecular formula is C20H20N4O5S2. The van der Waals surface area contributed by atoms with Crippen LogP contribution in [-0.4, -0.2) is 39.7 Å². The first kappa shape index (κ1) is 22.5. The number of esters is 1. The van der Waals surface area contributed by atoms with Crippen LogP contribution >= 0.6 is 23.1 Å². The molecule has 0 unspecified atom stereocenters. The number of anilines is 1. The van der Waals surface area contributed by atoms with Crippen LogP contribution in [0.3, 0.4) is 0 Å². The van der Waals surface area contributed by atoms with Gasteiger partial charge in [0.15, 0.2) is 0 Å². The van der Waals surface area contributed by atoms with E-state index in [0.29, 0.717) is 31.2 Å². The highest BCUT2D eigenvalue weighted by molar-refractivity contribution is 8.00. The number of nitrogens with one attached hydrogen (secondary N) is 1. The average molecular weight is 461 g/mol. The van der Waals surface area contributed by atoms with Gasteiger partial charge in [-0.05, 0) is 31.5 Å². The number of hydrogen-bond acceptors (Lipinski definition) is 8. The summed E-state index contributed by atoms with van der Waals surface area (Å²) in [5.74, 6) is -1.33. The maximum Gasteiger partial charge on any atom is 0.348 e. The second-order valence-electron chi connectivity index (χ2n) is 6.43. The molecule has 0 aliphatic heterocycles. The van der Waals surface area contributed by atoms with E-state index < -0.39 is 23.3 Å². The number of thioether (sulfide) groups is 1. The van der Waals surface area contributed by atoms with E-state index in [1.807, 2.05) is 0 Å². The molecule has 0 aliphatic rings. The first-order valence-electron chi connectivity index (χ1n) is 9.27. The molecule has 0 bridgehead atoms. The second-order valence-corrected chi connectivity index (χ2v) is 8.45. The normalized spacial score (nSPS) is 10.8. The Bertz CT molecular complexity index is 1220. The summed E-state index contributed by atoms with van der Waals surface area (Å²) >= 11 is 2.29. The molecule has 0 saturated heterocycles. The fourth-order valence-electron chi connectivity index (χ4n) is 2.85. The number of rotatable bonds is 8. The summed E-state index contributed by atoms with van der Waals surface area (Å²) in [6.45, 7) is 3.32. The van der Waals surface area contributed by atoms with Crippen molar-refractivity contribution in [1.29, 1.82) is 0 Å². The summed E-state index contributed by atoms with van der Waals surface area (Å²) in [6.07, 6.45) is 1.28. The number of aryl methyl sites for hydroxylation is 1. The number of amides is 2. The summed E-state index contributed by atoms with van der Waals surface area (Å²) < 4.78 is 6.21. The molecular weight excluding hydrogens is 440 g/mol. The highest BCUT2D eigenvalue weighted by Crippen LogP contribution is 2.28. The number of thiophene rings is 1. The first-order chi connectivity index (χ1) is 14.8. The minimum Gasteiger partial charge on any atom is -0.462 e. The van der Waals surface area contributed by atoms with Gasteiger partial charge in [0, 0.05) is 4.90 Å². The van der Waals surface area contributed by atoms with Crippen molar-refractivity contribution in [2.45, 2.75) is 25.3 Å². The van der Waals surface area contributed by atoms with E-state index in [4.69, 9.17) is 10.5 Å². The van der Waals surface area contributed by atoms with Crippen LogP contribution in [0.15, 0.2) is 40.3 Å². The molecule has 3 N–H and O–H groups in total. The van der Waals surface area contributed by atoms with Gasteiger partial charge in [0.2, 0.25) is 11.8 Å². The van der Waals surface area contributed by atoms with E-state index in [9.17, 15) is 19.2 Å². The Labute approximate surface area is 185 Å². The van der Waals surface area contributed by atoms with Gasteiger partial charge in [-0.2, -0.15) is 0 Å². The number of hydrogen-bond donors (Lipinski definition) is 2. The number of aromatic nitrogens is 2. The molecule has 0 saturated carbocycles. The molecule has 0 aliphatic carbocycles. The van der Waals surface area contributed by atoms with E-state index in [1.165, 1.54) is 22.7 Å². The van der Waals surface area contributed by atoms with Gasteiger partial charge in [0.1, 0.15) is 16.3 Å². The number of para-hydroxylation sites is 1. The first-order valence-corrected chi connectivity index (χ1v) is 11.1. The summed E-state index contributed by atoms with van der Waals surface area (Å²) in [6, 6.07) is 6.98. The molecule has 3 aromatic rings. The third-order valence-electron chi connectivity index (χ3n) is 4.22. The van der Waals surface area contributed by atoms with Crippen molar-refractivity contribution >= 4 is 56.8 Å². The predicted molar refractivity (Wildman–Crippen MR) is 120 cm³/mol. The van der Waals surface area contributed by atoms with Crippen molar-refractivity contribution in [2.24, 2.45) is 5.73 Å². The predicted octanol–water partition coefficient (Wildman–Crippen LogP) is 2.16. The number of ether oxygens (including phenoxy) is 1. The fourth-order valence-corrected chi connectivity index (χ4v) is 4.63. The molecule has 2 amide bonds. The number of primary amides is 1. The summed E-state index contributed by atoms with van der Waals surface area (Å²) in [4.78, 5) is 54.3. The average Bonchev–Trinajstić information content (AvgIpc) is 3.07. The Morgan fingerprint density at radius 3 is 2.74 bits per heavy atom. The Kier molecular flexibility index (Phi) is 7.08. The Balaban J connectivity index is 1.83. The molecule has 3 rings (SSSR count). The van der Waals surface area contributed by atoms with Crippen molar-refractivity contribution in [2.75, 3.05) is 17.7 Å². The lowest BCUT2D eigenvalue weighted by Crippen LogP contribution is -2.28. The van der Waals surface area contributed by atoms with Gasteiger partial charge in [-0.15, -0.1) is 23.1 Å². The van der Waals surface area contributed by atoms with Gasteiger partial charge in [-0.3, -0.25) is 19.0 Å². The molecule has 31 heavy (non-hydrogen) atoms. The number of fused-ring (bicyclic) bond motifs is 1. The fraction of sp³-hybridized carbons (Fsp3) is 0.250. The molecule has 0 spiro atoms. The van der Waals surface area contributed by atoms with Gasteiger partial charge in [-0.1, -0.05) is 12.1 Å². The third kappa shape index (κ3) is 5.12. The topological polar surface area (TPSA) is 133 Å². The maximum absolute atomic E-state index is 12.9. The van der Waals surface area contributed by atoms with Gasteiger partial charge < -0.3 is 15.8 Å². The third-order valence-corrected chi connectivity index (χ3v) is 6.50. The lowest BCUT2D eigenvalue weighted by Gasteiger charge is -2.11. The SMILES string of the molecule is CCOC(=O)c1sc2ncn(CC(=O)Nc3ccccc3SCC(N)=O)c(=O)c2c1C. The van der Waals surface area contributed by atoms with Crippen LogP contribution in [-0.2, 0) is 20.9 Å². The molecule has 1 aromatic carbocycles. The van der Waals surface area contributed by atoms with Crippen LogP contribution in [0.2, 0.25) is 0 Å². The summed E-state index contributed by atoms with van der Waals surface area (Å²) in [7, 11) is 0. The summed E-state index contributed by atoms with van der Waals surface area (Å²) in [5, 5.41) is 3.03. The van der Waals surface area contributed by atoms with Crippen molar-refractivity contribution in [3.8, 4) is 0 Å². The van der Waals surface area contributed by atoms with E-state index in [-0.39, 0.29) is 18.9 Å². The summed E-state index contributed by atoms with van der Waals surface area (Å²) in [5.41, 5.74) is 5.77. The van der Waals surface area contributed by atoms with Crippen LogP contribution < -0.4 is 16.6 Å². The zero-order valence-corrected chi connectivity index (χ0v) is 18.5. The van der Waals surface area contributed by atoms with Gasteiger partial charge in [0.05, 0.1) is 29.8 Å².